The molecule has 0 aliphatic rings. The monoisotopic (exact) mass is 421 g/mol. The second-order valence-electron chi connectivity index (χ2n) is 5.64. The molecule has 146 valence electrons. The number of anilines is 2. The van der Waals surface area contributed by atoms with E-state index in [1.54, 1.807) is 12.1 Å². The zero-order chi connectivity index (χ0) is 20.4. The Morgan fingerprint density at radius 1 is 0.857 bits per heavy atom. The van der Waals surface area contributed by atoms with Crippen LogP contribution in [0.3, 0.4) is 0 Å². The number of primary sulfonamides is 1. The lowest BCUT2D eigenvalue weighted by molar-refractivity contribution is 0.0996. The van der Waals surface area contributed by atoms with Crippen LogP contribution in [0.25, 0.3) is 0 Å². The van der Waals surface area contributed by atoms with Crippen molar-refractivity contribution >= 4 is 37.3 Å². The van der Waals surface area contributed by atoms with E-state index in [9.17, 15) is 21.6 Å². The van der Waals surface area contributed by atoms with Crippen molar-refractivity contribution < 1.29 is 26.0 Å². The fourth-order valence-corrected chi connectivity index (χ4v) is 4.02. The zero-order valence-electron chi connectivity index (χ0n) is 14.2. The molecule has 0 atom stereocenters. The maximum absolute atomic E-state index is 12.6. The number of hydrogen-bond donors (Lipinski definition) is 3. The molecule has 0 radical (unpaired) electrons. The molecule has 3 aromatic rings. The first-order valence-electron chi connectivity index (χ1n) is 7.76. The minimum Gasteiger partial charge on any atom is -0.459 e. The molecule has 3 rings (SSSR count). The quantitative estimate of drug-likeness (QED) is 0.554. The number of carbonyl (C=O) groups excluding carboxylic acids is 1. The van der Waals surface area contributed by atoms with Gasteiger partial charge in [-0.15, -0.1) is 0 Å². The maximum atomic E-state index is 12.6. The first-order chi connectivity index (χ1) is 13.1. The molecule has 0 saturated heterocycles. The fourth-order valence-electron chi connectivity index (χ4n) is 2.29. The third-order valence-electron chi connectivity index (χ3n) is 3.56. The summed E-state index contributed by atoms with van der Waals surface area (Å²) in [6.45, 7) is 0. The highest BCUT2D eigenvalue weighted by molar-refractivity contribution is 7.93. The van der Waals surface area contributed by atoms with E-state index in [1.807, 2.05) is 0 Å². The molecule has 2 aromatic carbocycles. The molecular weight excluding hydrogens is 406 g/mol. The Labute approximate surface area is 161 Å². The van der Waals surface area contributed by atoms with Crippen LogP contribution in [-0.2, 0) is 20.0 Å². The molecule has 28 heavy (non-hydrogen) atoms. The van der Waals surface area contributed by atoms with Crippen molar-refractivity contribution in [3.8, 4) is 0 Å². The third-order valence-corrected chi connectivity index (χ3v) is 5.85. The van der Waals surface area contributed by atoms with Crippen molar-refractivity contribution in [3.63, 3.8) is 0 Å². The molecule has 0 unspecified atom stereocenters. The van der Waals surface area contributed by atoms with Crippen LogP contribution in [0.2, 0.25) is 0 Å². The Bertz CT molecular complexity index is 1220. The summed E-state index contributed by atoms with van der Waals surface area (Å²) in [6, 6.07) is 13.7. The number of hydrogen-bond acceptors (Lipinski definition) is 6. The van der Waals surface area contributed by atoms with Crippen LogP contribution in [0.15, 0.2) is 81.1 Å². The summed E-state index contributed by atoms with van der Waals surface area (Å²) < 4.78 is 55.3. The minimum absolute atomic E-state index is 0.103. The van der Waals surface area contributed by atoms with Gasteiger partial charge in [-0.3, -0.25) is 9.52 Å². The van der Waals surface area contributed by atoms with E-state index >= 15 is 0 Å². The summed E-state index contributed by atoms with van der Waals surface area (Å²) in [5, 5.41) is 7.61. The highest BCUT2D eigenvalue weighted by atomic mass is 32.2. The van der Waals surface area contributed by atoms with Crippen molar-refractivity contribution in [2.75, 3.05) is 10.0 Å². The number of furan rings is 1. The van der Waals surface area contributed by atoms with E-state index in [-0.39, 0.29) is 21.2 Å². The van der Waals surface area contributed by atoms with Crippen molar-refractivity contribution in [1.82, 2.24) is 0 Å². The largest absolute Gasteiger partial charge is 0.459 e. The third kappa shape index (κ3) is 4.57. The first-order valence-corrected chi connectivity index (χ1v) is 10.8. The van der Waals surface area contributed by atoms with Crippen molar-refractivity contribution in [2.24, 2.45) is 5.14 Å². The summed E-state index contributed by atoms with van der Waals surface area (Å²) in [5.74, 6) is -0.392. The number of sulfonamides is 2. The molecule has 0 saturated carbocycles. The lowest BCUT2D eigenvalue weighted by Crippen LogP contribution is -2.16. The molecule has 1 amide bonds. The van der Waals surface area contributed by atoms with Gasteiger partial charge in [-0.1, -0.05) is 12.1 Å². The Kier molecular flexibility index (Phi) is 5.23. The zero-order valence-corrected chi connectivity index (χ0v) is 15.8. The predicted octanol–water partition coefficient (Wildman–Crippen LogP) is 1.98. The van der Waals surface area contributed by atoms with Crippen LogP contribution < -0.4 is 15.2 Å². The molecular formula is C17H15N3O6S2. The maximum Gasteiger partial charge on any atom is 0.291 e. The summed E-state index contributed by atoms with van der Waals surface area (Å²) in [6.07, 6.45) is 1.36. The molecule has 1 heterocycles. The van der Waals surface area contributed by atoms with Crippen LogP contribution in [0, 0.1) is 0 Å². The second kappa shape index (κ2) is 7.46. The Hall–Kier alpha value is -3.15. The van der Waals surface area contributed by atoms with Gasteiger partial charge < -0.3 is 9.73 Å². The molecule has 0 spiro atoms. The van der Waals surface area contributed by atoms with Gasteiger partial charge in [0.15, 0.2) is 5.76 Å². The smallest absolute Gasteiger partial charge is 0.291 e. The standard InChI is InChI=1S/C17H15N3O6S2/c18-27(22,23)14-6-2-7-15(11-14)28(24,25)20-13-5-1-4-12(10-13)19-17(21)16-8-3-9-26-16/h1-11,20H,(H,19,21)(H2,18,22,23). The minimum atomic E-state index is -4.09. The Morgan fingerprint density at radius 2 is 1.54 bits per heavy atom. The number of nitrogens with two attached hydrogens (primary N) is 1. The number of nitrogens with one attached hydrogen (secondary N) is 2. The van der Waals surface area contributed by atoms with Gasteiger partial charge in [-0.2, -0.15) is 0 Å². The van der Waals surface area contributed by atoms with Gasteiger partial charge >= 0.3 is 0 Å². The average molecular weight is 421 g/mol. The molecule has 0 bridgehead atoms. The lowest BCUT2D eigenvalue weighted by Gasteiger charge is -2.11. The fraction of sp³-hybridized carbons (Fsp3) is 0. The predicted molar refractivity (Wildman–Crippen MR) is 102 cm³/mol. The van der Waals surface area contributed by atoms with Crippen molar-refractivity contribution in [2.45, 2.75) is 9.79 Å². The molecule has 0 fully saturated rings. The SMILES string of the molecule is NS(=O)(=O)c1cccc(S(=O)(=O)Nc2cccc(NC(=O)c3ccco3)c2)c1. The van der Waals surface area contributed by atoms with Gasteiger partial charge in [0.25, 0.3) is 15.9 Å². The molecule has 0 aliphatic heterocycles. The van der Waals surface area contributed by atoms with E-state index in [0.717, 1.165) is 6.07 Å². The molecule has 9 nitrogen and oxygen atoms in total. The second-order valence-corrected chi connectivity index (χ2v) is 8.88. The van der Waals surface area contributed by atoms with Crippen LogP contribution in [0.1, 0.15) is 10.6 Å². The normalized spacial score (nSPS) is 11.8. The van der Waals surface area contributed by atoms with Gasteiger partial charge in [0, 0.05) is 5.69 Å². The number of amides is 1. The summed E-state index contributed by atoms with van der Waals surface area (Å²) in [7, 11) is -8.13. The van der Waals surface area contributed by atoms with Gasteiger partial charge in [0.05, 0.1) is 21.7 Å². The topological polar surface area (TPSA) is 149 Å². The van der Waals surface area contributed by atoms with Gasteiger partial charge in [-0.25, -0.2) is 22.0 Å². The van der Waals surface area contributed by atoms with Crippen molar-refractivity contribution in [3.05, 3.63) is 72.7 Å². The summed E-state index contributed by atoms with van der Waals surface area (Å²) in [5.41, 5.74) is 0.498. The molecule has 4 N–H and O–H groups in total. The van der Waals surface area contributed by atoms with Crippen LogP contribution >= 0.6 is 0 Å². The van der Waals surface area contributed by atoms with E-state index in [0.29, 0.717) is 5.69 Å². The summed E-state index contributed by atoms with van der Waals surface area (Å²) >= 11 is 0. The highest BCUT2D eigenvalue weighted by Crippen LogP contribution is 2.21. The molecule has 11 heteroatoms. The van der Waals surface area contributed by atoms with E-state index < -0.39 is 26.0 Å². The van der Waals surface area contributed by atoms with E-state index in [2.05, 4.69) is 10.0 Å². The summed E-state index contributed by atoms with van der Waals surface area (Å²) in [4.78, 5) is 11.4. The Balaban J connectivity index is 1.82. The number of carbonyl (C=O) groups is 1. The highest BCUT2D eigenvalue weighted by Gasteiger charge is 2.18. The number of benzene rings is 2. The van der Waals surface area contributed by atoms with Gasteiger partial charge in [0.1, 0.15) is 0 Å². The van der Waals surface area contributed by atoms with E-state index in [1.165, 1.54) is 48.7 Å². The van der Waals surface area contributed by atoms with Gasteiger partial charge in [-0.05, 0) is 48.5 Å². The van der Waals surface area contributed by atoms with Crippen LogP contribution in [-0.4, -0.2) is 22.7 Å². The number of rotatable bonds is 6. The van der Waals surface area contributed by atoms with Crippen LogP contribution in [0.5, 0.6) is 0 Å². The van der Waals surface area contributed by atoms with Gasteiger partial charge in [0.2, 0.25) is 10.0 Å². The van der Waals surface area contributed by atoms with E-state index in [4.69, 9.17) is 9.56 Å². The average Bonchev–Trinajstić information content (AvgIpc) is 3.16. The molecule has 1 aromatic heterocycles. The Morgan fingerprint density at radius 3 is 2.21 bits per heavy atom. The van der Waals surface area contributed by atoms with Crippen LogP contribution in [0.4, 0.5) is 11.4 Å². The van der Waals surface area contributed by atoms with Crippen molar-refractivity contribution in [1.29, 1.82) is 0 Å². The first kappa shape index (κ1) is 19.6. The molecule has 0 aliphatic carbocycles. The lowest BCUT2D eigenvalue weighted by atomic mass is 10.3.